The first-order chi connectivity index (χ1) is 16.4. The van der Waals surface area contributed by atoms with Gasteiger partial charge in [0.1, 0.15) is 0 Å². The largest absolute Gasteiger partial charge is 0.371 e. The fourth-order valence-electron chi connectivity index (χ4n) is 4.23. The van der Waals surface area contributed by atoms with Crippen LogP contribution in [0.2, 0.25) is 0 Å². The van der Waals surface area contributed by atoms with Crippen LogP contribution in [0.3, 0.4) is 0 Å². The van der Waals surface area contributed by atoms with Gasteiger partial charge in [-0.1, -0.05) is 48.5 Å². The van der Waals surface area contributed by atoms with Crippen molar-refractivity contribution in [3.8, 4) is 0 Å². The third-order valence-corrected chi connectivity index (χ3v) is 7.49. The molecule has 1 fully saturated rings. The van der Waals surface area contributed by atoms with Crippen LogP contribution in [0.1, 0.15) is 18.4 Å². The molecule has 0 spiro atoms. The van der Waals surface area contributed by atoms with Gasteiger partial charge in [0.15, 0.2) is 0 Å². The zero-order valence-electron chi connectivity index (χ0n) is 18.9. The second-order valence-corrected chi connectivity index (χ2v) is 10.2. The van der Waals surface area contributed by atoms with Crippen molar-refractivity contribution in [3.63, 3.8) is 0 Å². The molecule has 4 rings (SSSR count). The lowest BCUT2D eigenvalue weighted by atomic mass is 10.00. The van der Waals surface area contributed by atoms with E-state index < -0.39 is 16.1 Å². The minimum absolute atomic E-state index is 0.217. The molecule has 3 aromatic rings. The highest BCUT2D eigenvalue weighted by Crippen LogP contribution is 2.24. The highest BCUT2D eigenvalue weighted by atomic mass is 32.2. The van der Waals surface area contributed by atoms with Crippen molar-refractivity contribution in [2.45, 2.75) is 36.2 Å². The number of amides is 1. The third-order valence-electron chi connectivity index (χ3n) is 6.10. The Balaban J connectivity index is 1.31. The van der Waals surface area contributed by atoms with Crippen LogP contribution in [0.5, 0.6) is 0 Å². The lowest BCUT2D eigenvalue weighted by Crippen LogP contribution is -2.51. The van der Waals surface area contributed by atoms with E-state index in [0.717, 1.165) is 37.2 Å². The Morgan fingerprint density at radius 1 is 0.912 bits per heavy atom. The van der Waals surface area contributed by atoms with Gasteiger partial charge in [-0.05, 0) is 61.2 Å². The van der Waals surface area contributed by atoms with E-state index in [1.165, 1.54) is 0 Å². The summed E-state index contributed by atoms with van der Waals surface area (Å²) in [7, 11) is -3.61. The van der Waals surface area contributed by atoms with Gasteiger partial charge >= 0.3 is 0 Å². The maximum atomic E-state index is 12.5. The Morgan fingerprint density at radius 3 is 2.09 bits per heavy atom. The average Bonchev–Trinajstić information content (AvgIpc) is 2.85. The number of nitrogens with zero attached hydrogens (tertiary/aromatic N) is 1. The first-order valence-corrected chi connectivity index (χ1v) is 12.9. The van der Waals surface area contributed by atoms with Crippen molar-refractivity contribution < 1.29 is 13.2 Å². The summed E-state index contributed by atoms with van der Waals surface area (Å²) in [5.74, 6) is -0.333. The Bertz CT molecular complexity index is 1180. The van der Waals surface area contributed by atoms with E-state index in [2.05, 4.69) is 14.9 Å². The average molecular weight is 479 g/mol. The number of primary amides is 1. The summed E-state index contributed by atoms with van der Waals surface area (Å²) >= 11 is 0. The van der Waals surface area contributed by atoms with Crippen molar-refractivity contribution in [2.24, 2.45) is 5.73 Å². The summed E-state index contributed by atoms with van der Waals surface area (Å²) < 4.78 is 27.7. The molecule has 4 N–H and O–H groups in total. The van der Waals surface area contributed by atoms with Gasteiger partial charge in [-0.2, -0.15) is 0 Å². The van der Waals surface area contributed by atoms with Crippen LogP contribution >= 0.6 is 0 Å². The van der Waals surface area contributed by atoms with Gasteiger partial charge in [-0.25, -0.2) is 8.42 Å². The van der Waals surface area contributed by atoms with Crippen molar-refractivity contribution in [1.82, 2.24) is 5.32 Å². The Labute approximate surface area is 201 Å². The van der Waals surface area contributed by atoms with Gasteiger partial charge in [0.05, 0.1) is 10.9 Å². The number of nitrogens with one attached hydrogen (secondary N) is 2. The van der Waals surface area contributed by atoms with Crippen LogP contribution in [0, 0.1) is 0 Å². The molecule has 1 aliphatic rings. The van der Waals surface area contributed by atoms with Gasteiger partial charge in [-0.15, -0.1) is 0 Å². The summed E-state index contributed by atoms with van der Waals surface area (Å²) in [4.78, 5) is 14.5. The first kappa shape index (κ1) is 23.8. The summed E-state index contributed by atoms with van der Waals surface area (Å²) in [5.41, 5.74) is 8.30. The lowest BCUT2D eigenvalue weighted by molar-refractivity contribution is -0.120. The van der Waals surface area contributed by atoms with E-state index in [4.69, 9.17) is 5.73 Å². The maximum absolute atomic E-state index is 12.5. The Morgan fingerprint density at radius 2 is 1.50 bits per heavy atom. The van der Waals surface area contributed by atoms with E-state index in [0.29, 0.717) is 12.1 Å². The molecule has 1 atom stereocenters. The molecule has 1 heterocycles. The molecule has 3 aromatic carbocycles. The van der Waals surface area contributed by atoms with Crippen molar-refractivity contribution >= 4 is 27.3 Å². The molecular weight excluding hydrogens is 448 g/mol. The number of benzene rings is 3. The lowest BCUT2D eigenvalue weighted by Gasteiger charge is -2.35. The molecule has 1 aliphatic heterocycles. The minimum Gasteiger partial charge on any atom is -0.371 e. The van der Waals surface area contributed by atoms with E-state index >= 15 is 0 Å². The third kappa shape index (κ3) is 6.15. The number of piperidine rings is 1. The van der Waals surface area contributed by atoms with E-state index in [1.807, 2.05) is 42.5 Å². The molecule has 0 unspecified atom stereocenters. The number of rotatable bonds is 9. The fourth-order valence-corrected chi connectivity index (χ4v) is 5.31. The molecule has 1 saturated heterocycles. The monoisotopic (exact) mass is 478 g/mol. The highest BCUT2D eigenvalue weighted by Gasteiger charge is 2.24. The van der Waals surface area contributed by atoms with Crippen molar-refractivity contribution in [3.05, 3.63) is 90.5 Å². The summed E-state index contributed by atoms with van der Waals surface area (Å²) in [6.45, 7) is 1.67. The number of sulfonamides is 1. The molecule has 7 nitrogen and oxygen atoms in total. The van der Waals surface area contributed by atoms with Crippen molar-refractivity contribution in [1.29, 1.82) is 0 Å². The zero-order valence-corrected chi connectivity index (χ0v) is 19.7. The summed E-state index contributed by atoms with van der Waals surface area (Å²) in [6, 6.07) is 25.4. The molecular formula is C26H30N4O3S. The molecule has 34 heavy (non-hydrogen) atoms. The van der Waals surface area contributed by atoms with Crippen LogP contribution in [0.25, 0.3) is 0 Å². The topological polar surface area (TPSA) is 105 Å². The maximum Gasteiger partial charge on any atom is 0.261 e. The number of hydrogen-bond donors (Lipinski definition) is 3. The predicted octanol–water partition coefficient (Wildman–Crippen LogP) is 3.14. The predicted molar refractivity (Wildman–Crippen MR) is 135 cm³/mol. The molecule has 178 valence electrons. The minimum atomic E-state index is -3.61. The van der Waals surface area contributed by atoms with Gasteiger partial charge in [0.2, 0.25) is 5.91 Å². The van der Waals surface area contributed by atoms with Crippen LogP contribution in [0.15, 0.2) is 89.8 Å². The number of nitrogens with two attached hydrogens (primary N) is 1. The van der Waals surface area contributed by atoms with Crippen LogP contribution < -0.4 is 20.7 Å². The summed E-state index contributed by atoms with van der Waals surface area (Å²) in [5, 5.41) is 3.45. The standard InChI is InChI=1S/C26H30N4O3S/c27-26(31)25(19-20-7-3-1-4-8-20)28-21-15-17-30(18-16-21)23-13-11-22(12-14-23)29-34(32,33)24-9-5-2-6-10-24/h1-14,21,25,28-29H,15-19H2,(H2,27,31)/t25-/m0/s1. The van der Waals surface area contributed by atoms with E-state index in [9.17, 15) is 13.2 Å². The first-order valence-electron chi connectivity index (χ1n) is 11.4. The molecule has 0 saturated carbocycles. The van der Waals surface area contributed by atoms with E-state index in [1.54, 1.807) is 42.5 Å². The van der Waals surface area contributed by atoms with Gasteiger partial charge < -0.3 is 16.0 Å². The van der Waals surface area contributed by atoms with Gasteiger partial charge in [0, 0.05) is 30.5 Å². The van der Waals surface area contributed by atoms with Crippen molar-refractivity contribution in [2.75, 3.05) is 22.7 Å². The van der Waals surface area contributed by atoms with Gasteiger partial charge in [0.25, 0.3) is 10.0 Å². The molecule has 8 heteroatoms. The molecule has 0 aliphatic carbocycles. The van der Waals surface area contributed by atoms with Crippen LogP contribution in [-0.2, 0) is 21.2 Å². The number of hydrogen-bond acceptors (Lipinski definition) is 5. The quantitative estimate of drug-likeness (QED) is 0.438. The molecule has 0 radical (unpaired) electrons. The molecule has 1 amide bonds. The normalized spacial score (nSPS) is 15.6. The second kappa shape index (κ2) is 10.7. The van der Waals surface area contributed by atoms with E-state index in [-0.39, 0.29) is 16.8 Å². The van der Waals surface area contributed by atoms with Crippen LogP contribution in [-0.4, -0.2) is 39.5 Å². The zero-order chi connectivity index (χ0) is 24.0. The Hall–Kier alpha value is -3.36. The number of anilines is 2. The summed E-state index contributed by atoms with van der Waals surface area (Å²) in [6.07, 6.45) is 2.36. The Kier molecular flexibility index (Phi) is 7.49. The van der Waals surface area contributed by atoms with Gasteiger partial charge in [-0.3, -0.25) is 9.52 Å². The highest BCUT2D eigenvalue weighted by molar-refractivity contribution is 7.92. The molecule has 0 aromatic heterocycles. The molecule has 0 bridgehead atoms. The second-order valence-electron chi connectivity index (χ2n) is 8.54. The number of carbonyl (C=O) groups excluding carboxylic acids is 1. The number of carbonyl (C=O) groups is 1. The SMILES string of the molecule is NC(=O)[C@H](Cc1ccccc1)NC1CCN(c2ccc(NS(=O)(=O)c3ccccc3)cc2)CC1. The van der Waals surface area contributed by atoms with Crippen LogP contribution in [0.4, 0.5) is 11.4 Å². The fraction of sp³-hybridized carbons (Fsp3) is 0.269. The smallest absolute Gasteiger partial charge is 0.261 e.